The molecule has 0 unspecified atom stereocenters. The lowest BCUT2D eigenvalue weighted by molar-refractivity contribution is 0.589. The van der Waals surface area contributed by atoms with Gasteiger partial charge in [-0.15, -0.1) is 0 Å². The maximum atomic E-state index is 6.43. The highest BCUT2D eigenvalue weighted by atomic mass is 35.5. The summed E-state index contributed by atoms with van der Waals surface area (Å²) in [4.78, 5) is 11.2. The second-order valence-electron chi connectivity index (χ2n) is 7.35. The molecule has 8 heteroatoms. The number of pyridine rings is 2. The summed E-state index contributed by atoms with van der Waals surface area (Å²) in [6.45, 7) is 8.47. The number of rotatable bonds is 6. The Morgan fingerprint density at radius 2 is 1.73 bits per heavy atom. The normalized spacial score (nSPS) is 14.1. The van der Waals surface area contributed by atoms with Gasteiger partial charge in [0.1, 0.15) is 11.6 Å². The number of hydrogen-bond acceptors (Lipinski definition) is 6. The van der Waals surface area contributed by atoms with Gasteiger partial charge in [0.2, 0.25) is 0 Å². The largest absolute Gasteiger partial charge is 0.369 e. The molecular weight excluding hydrogens is 415 g/mol. The lowest BCUT2D eigenvalue weighted by atomic mass is 10.3. The van der Waals surface area contributed by atoms with Crippen molar-refractivity contribution in [2.24, 2.45) is 0 Å². The molecule has 0 spiro atoms. The van der Waals surface area contributed by atoms with E-state index >= 15 is 0 Å². The average Bonchev–Trinajstić information content (AvgIpc) is 2.77. The number of benzene rings is 1. The van der Waals surface area contributed by atoms with Gasteiger partial charge in [-0.1, -0.05) is 37.7 Å². The molecule has 0 aliphatic carbocycles. The molecule has 0 saturated carbocycles. The lowest BCUT2D eigenvalue weighted by Gasteiger charge is -2.29. The predicted octanol–water partition coefficient (Wildman–Crippen LogP) is 4.39. The van der Waals surface area contributed by atoms with E-state index in [1.807, 2.05) is 24.4 Å². The summed E-state index contributed by atoms with van der Waals surface area (Å²) in [5, 5.41) is 12.1. The van der Waals surface area contributed by atoms with Crippen LogP contribution in [-0.2, 0) is 0 Å². The third kappa shape index (κ3) is 5.01. The Hall–Kier alpha value is -2.40. The van der Waals surface area contributed by atoms with Crippen molar-refractivity contribution in [3.05, 3.63) is 59.9 Å². The third-order valence-corrected chi connectivity index (χ3v) is 6.65. The molecule has 1 saturated heterocycles. The zero-order valence-electron chi connectivity index (χ0n) is 17.2. The first kappa shape index (κ1) is 20.9. The second kappa shape index (κ2) is 9.61. The fraction of sp³-hybridized carbons (Fsp3) is 0.273. The van der Waals surface area contributed by atoms with Gasteiger partial charge in [0, 0.05) is 55.9 Å². The van der Waals surface area contributed by atoms with Crippen LogP contribution in [0.15, 0.2) is 54.9 Å². The van der Waals surface area contributed by atoms with Crippen LogP contribution in [0, 0.1) is 0 Å². The van der Waals surface area contributed by atoms with Gasteiger partial charge < -0.3 is 20.9 Å². The number of piperazine rings is 1. The molecule has 3 aromatic rings. The smallest absolute Gasteiger partial charge is 0.133 e. The number of halogens is 1. The van der Waals surface area contributed by atoms with Gasteiger partial charge in [-0.05, 0) is 30.8 Å². The molecule has 0 atom stereocenters. The minimum absolute atomic E-state index is 0.236. The summed E-state index contributed by atoms with van der Waals surface area (Å²) in [5.74, 6) is 1.46. The van der Waals surface area contributed by atoms with Crippen molar-refractivity contribution in [2.75, 3.05) is 55.0 Å². The van der Waals surface area contributed by atoms with Crippen molar-refractivity contribution in [1.82, 2.24) is 15.3 Å². The third-order valence-electron chi connectivity index (χ3n) is 4.99. The van der Waals surface area contributed by atoms with E-state index in [1.54, 1.807) is 6.20 Å². The molecule has 3 N–H and O–H groups in total. The number of nitrogens with zero attached hydrogens (tertiary/aromatic N) is 3. The van der Waals surface area contributed by atoms with Gasteiger partial charge in [0.15, 0.2) is 0 Å². The van der Waals surface area contributed by atoms with Crippen LogP contribution < -0.4 is 26.2 Å². The lowest BCUT2D eigenvalue weighted by Crippen LogP contribution is -2.43. The number of hydrogen-bond donors (Lipinski definition) is 3. The molecule has 1 aromatic carbocycles. The van der Waals surface area contributed by atoms with Crippen LogP contribution in [-0.4, -0.2) is 49.5 Å². The average molecular weight is 441 g/mol. The first-order valence-electron chi connectivity index (χ1n) is 9.98. The predicted molar refractivity (Wildman–Crippen MR) is 130 cm³/mol. The highest BCUT2D eigenvalue weighted by Crippen LogP contribution is 2.32. The van der Waals surface area contributed by atoms with Crippen LogP contribution in [0.5, 0.6) is 0 Å². The van der Waals surface area contributed by atoms with Crippen molar-refractivity contribution in [1.29, 1.82) is 0 Å². The summed E-state index contributed by atoms with van der Waals surface area (Å²) < 4.78 is 0. The van der Waals surface area contributed by atoms with Crippen molar-refractivity contribution in [2.45, 2.75) is 0 Å². The van der Waals surface area contributed by atoms with E-state index < -0.39 is 0 Å². The van der Waals surface area contributed by atoms with Gasteiger partial charge in [-0.3, -0.25) is 0 Å². The second-order valence-corrected chi connectivity index (χ2v) is 10.0. The quantitative estimate of drug-likeness (QED) is 0.494. The minimum Gasteiger partial charge on any atom is -0.369 e. The van der Waals surface area contributed by atoms with E-state index in [1.165, 1.54) is 5.30 Å². The molecule has 1 aliphatic heterocycles. The summed E-state index contributed by atoms with van der Waals surface area (Å²) in [5.41, 5.74) is 3.05. The van der Waals surface area contributed by atoms with Crippen LogP contribution >= 0.6 is 19.5 Å². The molecule has 0 amide bonds. The minimum atomic E-state index is -0.236. The Labute approximate surface area is 183 Å². The van der Waals surface area contributed by atoms with Gasteiger partial charge in [-0.25, -0.2) is 9.97 Å². The Morgan fingerprint density at radius 1 is 0.967 bits per heavy atom. The Morgan fingerprint density at radius 3 is 2.53 bits per heavy atom. The van der Waals surface area contributed by atoms with Crippen LogP contribution in [0.3, 0.4) is 0 Å². The van der Waals surface area contributed by atoms with Gasteiger partial charge in [-0.2, -0.15) is 0 Å². The summed E-state index contributed by atoms with van der Waals surface area (Å²) in [7, 11) is -0.236. The monoisotopic (exact) mass is 440 g/mol. The molecule has 1 aliphatic rings. The van der Waals surface area contributed by atoms with Crippen molar-refractivity contribution >= 4 is 53.5 Å². The zero-order chi connectivity index (χ0) is 20.9. The number of para-hydroxylation sites is 1. The Balaban J connectivity index is 1.54. The topological polar surface area (TPSA) is 65.1 Å². The maximum absolute atomic E-state index is 6.43. The van der Waals surface area contributed by atoms with E-state index in [9.17, 15) is 0 Å². The van der Waals surface area contributed by atoms with Crippen LogP contribution in [0.25, 0.3) is 0 Å². The molecule has 4 rings (SSSR count). The van der Waals surface area contributed by atoms with Crippen molar-refractivity contribution in [3.8, 4) is 0 Å². The first-order valence-corrected chi connectivity index (χ1v) is 12.6. The van der Waals surface area contributed by atoms with Crippen LogP contribution in [0.1, 0.15) is 0 Å². The fourth-order valence-electron chi connectivity index (χ4n) is 3.46. The van der Waals surface area contributed by atoms with Crippen LogP contribution in [0.4, 0.5) is 28.7 Å². The summed E-state index contributed by atoms with van der Waals surface area (Å²) >= 11 is 6.43. The van der Waals surface area contributed by atoms with E-state index in [-0.39, 0.29) is 7.92 Å². The molecule has 30 heavy (non-hydrogen) atoms. The Kier molecular flexibility index (Phi) is 6.68. The maximum Gasteiger partial charge on any atom is 0.133 e. The first-order chi connectivity index (χ1) is 14.6. The molecule has 2 aromatic heterocycles. The van der Waals surface area contributed by atoms with E-state index in [4.69, 9.17) is 11.6 Å². The Bertz CT molecular complexity index is 1010. The molecule has 3 heterocycles. The highest BCUT2D eigenvalue weighted by Gasteiger charge is 2.12. The van der Waals surface area contributed by atoms with Crippen LogP contribution in [0.2, 0.25) is 5.02 Å². The van der Waals surface area contributed by atoms with Gasteiger partial charge in [0.05, 0.1) is 16.9 Å². The van der Waals surface area contributed by atoms with Gasteiger partial charge >= 0.3 is 0 Å². The van der Waals surface area contributed by atoms with E-state index in [0.717, 1.165) is 49.1 Å². The summed E-state index contributed by atoms with van der Waals surface area (Å²) in [6.07, 6.45) is 3.49. The summed E-state index contributed by atoms with van der Waals surface area (Å²) in [6, 6.07) is 14.4. The standard InChI is InChI=1S/C22H26ClN6P/c1-30(2)20-6-4-3-5-18(20)27-19-14-22(26-15-17(19)23)28-21-13-16(7-8-25-21)29-11-9-24-10-12-29/h3-8,13-15,24H,9-12H2,1-2H3,(H2,25,26,27,28). The number of aromatic nitrogens is 2. The highest BCUT2D eigenvalue weighted by molar-refractivity contribution is 7.64. The zero-order valence-corrected chi connectivity index (χ0v) is 18.8. The van der Waals surface area contributed by atoms with Gasteiger partial charge in [0.25, 0.3) is 0 Å². The molecule has 156 valence electrons. The van der Waals surface area contributed by atoms with Crippen molar-refractivity contribution in [3.63, 3.8) is 0 Å². The molecule has 6 nitrogen and oxygen atoms in total. The fourth-order valence-corrected chi connectivity index (χ4v) is 4.60. The molecule has 1 fully saturated rings. The number of nitrogens with one attached hydrogen (secondary N) is 3. The molecular formula is C22H26ClN6P. The SMILES string of the molecule is CP(C)c1ccccc1Nc1cc(Nc2cc(N3CCNCC3)ccn2)ncc1Cl. The van der Waals surface area contributed by atoms with E-state index in [0.29, 0.717) is 10.8 Å². The molecule has 0 bridgehead atoms. The van der Waals surface area contributed by atoms with E-state index in [2.05, 4.69) is 68.4 Å². The molecule has 0 radical (unpaired) electrons. The number of anilines is 5. The van der Waals surface area contributed by atoms with Crippen molar-refractivity contribution < 1.29 is 0 Å².